The van der Waals surface area contributed by atoms with Crippen LogP contribution in [0.5, 0.6) is 0 Å². The number of benzene rings is 1. The fourth-order valence-electron chi connectivity index (χ4n) is 3.97. The molecule has 1 aromatic heterocycles. The number of rotatable bonds is 8. The van der Waals surface area contributed by atoms with Gasteiger partial charge in [0.15, 0.2) is 0 Å². The van der Waals surface area contributed by atoms with E-state index in [-0.39, 0.29) is 11.8 Å². The first kappa shape index (κ1) is 23.5. The molecule has 0 unspecified atom stereocenters. The highest BCUT2D eigenvalue weighted by Gasteiger charge is 2.26. The number of halogens is 1. The summed E-state index contributed by atoms with van der Waals surface area (Å²) >= 11 is 3.52. The van der Waals surface area contributed by atoms with Crippen LogP contribution in [0.1, 0.15) is 28.2 Å². The molecule has 0 radical (unpaired) electrons. The van der Waals surface area contributed by atoms with Crippen LogP contribution in [-0.4, -0.2) is 79.2 Å². The van der Waals surface area contributed by atoms with Gasteiger partial charge in [0.05, 0.1) is 12.1 Å². The number of methoxy groups -OCH3 is 1. The summed E-state index contributed by atoms with van der Waals surface area (Å²) < 4.78 is 8.11. The van der Waals surface area contributed by atoms with E-state index >= 15 is 0 Å². The van der Waals surface area contributed by atoms with Crippen molar-refractivity contribution < 1.29 is 14.3 Å². The predicted octanol–water partition coefficient (Wildman–Crippen LogP) is 2.77. The van der Waals surface area contributed by atoms with Crippen LogP contribution < -0.4 is 5.32 Å². The van der Waals surface area contributed by atoms with Gasteiger partial charge in [-0.2, -0.15) is 0 Å². The largest absolute Gasteiger partial charge is 0.385 e. The molecule has 0 atom stereocenters. The lowest BCUT2D eigenvalue weighted by molar-refractivity contribution is -0.122. The van der Waals surface area contributed by atoms with Crippen molar-refractivity contribution in [3.63, 3.8) is 0 Å². The minimum Gasteiger partial charge on any atom is -0.385 e. The predicted molar refractivity (Wildman–Crippen MR) is 125 cm³/mol. The van der Waals surface area contributed by atoms with Crippen molar-refractivity contribution in [2.24, 2.45) is 0 Å². The van der Waals surface area contributed by atoms with Crippen LogP contribution >= 0.6 is 15.9 Å². The van der Waals surface area contributed by atoms with Crippen molar-refractivity contribution in [1.29, 1.82) is 0 Å². The van der Waals surface area contributed by atoms with Gasteiger partial charge in [-0.3, -0.25) is 14.5 Å². The van der Waals surface area contributed by atoms with Crippen LogP contribution in [0.3, 0.4) is 0 Å². The van der Waals surface area contributed by atoms with Crippen molar-refractivity contribution >= 4 is 27.7 Å². The highest BCUT2D eigenvalue weighted by atomic mass is 79.9. The number of aromatic nitrogens is 1. The molecule has 2 amide bonds. The van der Waals surface area contributed by atoms with E-state index in [1.54, 1.807) is 7.11 Å². The number of carbonyl (C=O) groups is 2. The molecular weight excluding hydrogens is 460 g/mol. The molecule has 3 rings (SSSR count). The van der Waals surface area contributed by atoms with Gasteiger partial charge in [0.25, 0.3) is 5.91 Å². The van der Waals surface area contributed by atoms with Gasteiger partial charge in [-0.1, -0.05) is 22.0 Å². The lowest BCUT2D eigenvalue weighted by Gasteiger charge is -2.34. The smallest absolute Gasteiger partial charge is 0.255 e. The molecule has 0 spiro atoms. The zero-order chi connectivity index (χ0) is 22.4. The Balaban J connectivity index is 1.58. The molecular formula is C23H31BrN4O3. The number of nitrogens with one attached hydrogen (secondary N) is 1. The van der Waals surface area contributed by atoms with Crippen LogP contribution in [0.2, 0.25) is 0 Å². The van der Waals surface area contributed by atoms with E-state index < -0.39 is 0 Å². The number of nitrogens with zero attached hydrogens (tertiary/aromatic N) is 3. The second-order valence-electron chi connectivity index (χ2n) is 7.86. The Morgan fingerprint density at radius 1 is 1.13 bits per heavy atom. The molecule has 1 aromatic carbocycles. The fraction of sp³-hybridized carbons (Fsp3) is 0.478. The van der Waals surface area contributed by atoms with Gasteiger partial charge < -0.3 is 19.5 Å². The summed E-state index contributed by atoms with van der Waals surface area (Å²) in [5.41, 5.74) is 3.74. The topological polar surface area (TPSA) is 66.8 Å². The fourth-order valence-corrected chi connectivity index (χ4v) is 4.36. The van der Waals surface area contributed by atoms with Gasteiger partial charge in [0.1, 0.15) is 0 Å². The van der Waals surface area contributed by atoms with Crippen LogP contribution in [0.25, 0.3) is 5.69 Å². The molecule has 31 heavy (non-hydrogen) atoms. The summed E-state index contributed by atoms with van der Waals surface area (Å²) in [6.07, 6.45) is 0.808. The van der Waals surface area contributed by atoms with Crippen molar-refractivity contribution in [3.8, 4) is 5.69 Å². The lowest BCUT2D eigenvalue weighted by Crippen LogP contribution is -2.51. The number of hydrogen-bond donors (Lipinski definition) is 1. The Hall–Kier alpha value is -2.16. The van der Waals surface area contributed by atoms with Gasteiger partial charge in [-0.25, -0.2) is 0 Å². The van der Waals surface area contributed by atoms with E-state index in [0.717, 1.165) is 33.5 Å². The summed E-state index contributed by atoms with van der Waals surface area (Å²) in [6, 6.07) is 10.0. The zero-order valence-corrected chi connectivity index (χ0v) is 20.1. The van der Waals surface area contributed by atoms with Gasteiger partial charge in [0.2, 0.25) is 5.91 Å². The van der Waals surface area contributed by atoms with Crippen molar-refractivity contribution in [2.45, 2.75) is 20.3 Å². The molecule has 7 nitrogen and oxygen atoms in total. The highest BCUT2D eigenvalue weighted by molar-refractivity contribution is 9.10. The number of amides is 2. The summed E-state index contributed by atoms with van der Waals surface area (Å²) in [5.74, 6) is 0.0754. The quantitative estimate of drug-likeness (QED) is 0.577. The zero-order valence-electron chi connectivity index (χ0n) is 18.5. The SMILES string of the molecule is COCCCNC(=O)CN1CCN(C(=O)c2cc(C)n(-c3cccc(Br)c3)c2C)CC1. The molecule has 8 heteroatoms. The minimum atomic E-state index is 0.0217. The molecule has 1 fully saturated rings. The maximum absolute atomic E-state index is 13.2. The molecule has 0 aliphatic carbocycles. The Labute approximate surface area is 192 Å². The standard InChI is InChI=1S/C23H31BrN4O3/c1-17-14-21(18(2)28(17)20-7-4-6-19(24)15-20)23(30)27-11-9-26(10-12-27)16-22(29)25-8-5-13-31-3/h4,6-7,14-15H,5,8-13,16H2,1-3H3,(H,25,29). The third-order valence-electron chi connectivity index (χ3n) is 5.60. The van der Waals surface area contributed by atoms with E-state index in [0.29, 0.717) is 45.9 Å². The van der Waals surface area contributed by atoms with Crippen LogP contribution in [0.4, 0.5) is 0 Å². The summed E-state index contributed by atoms with van der Waals surface area (Å²) in [7, 11) is 1.65. The normalized spacial score (nSPS) is 14.6. The minimum absolute atomic E-state index is 0.0217. The number of ether oxygens (including phenoxy) is 1. The number of aryl methyl sites for hydroxylation is 1. The van der Waals surface area contributed by atoms with Crippen LogP contribution in [0, 0.1) is 13.8 Å². The van der Waals surface area contributed by atoms with Crippen molar-refractivity contribution in [1.82, 2.24) is 19.7 Å². The van der Waals surface area contributed by atoms with Gasteiger partial charge in [-0.05, 0) is 44.5 Å². The molecule has 1 aliphatic rings. The molecule has 168 valence electrons. The molecule has 0 saturated carbocycles. The first-order valence-corrected chi connectivity index (χ1v) is 11.4. The van der Waals surface area contributed by atoms with E-state index in [2.05, 4.69) is 30.7 Å². The van der Waals surface area contributed by atoms with E-state index in [4.69, 9.17) is 4.74 Å². The van der Waals surface area contributed by atoms with Crippen LogP contribution in [-0.2, 0) is 9.53 Å². The Kier molecular flexibility index (Phi) is 8.28. The van der Waals surface area contributed by atoms with E-state index in [9.17, 15) is 9.59 Å². The molecule has 2 heterocycles. The number of hydrogen-bond acceptors (Lipinski definition) is 4. The van der Waals surface area contributed by atoms with Crippen molar-refractivity contribution in [2.75, 3.05) is 53.0 Å². The molecule has 1 aliphatic heterocycles. The first-order chi connectivity index (χ1) is 14.9. The van der Waals surface area contributed by atoms with E-state index in [1.807, 2.05) is 49.1 Å². The average Bonchev–Trinajstić information content (AvgIpc) is 3.05. The maximum Gasteiger partial charge on any atom is 0.255 e. The third kappa shape index (κ3) is 5.96. The second-order valence-corrected chi connectivity index (χ2v) is 8.78. The third-order valence-corrected chi connectivity index (χ3v) is 6.10. The number of piperazine rings is 1. The van der Waals surface area contributed by atoms with Crippen molar-refractivity contribution in [3.05, 3.63) is 51.8 Å². The molecule has 0 bridgehead atoms. The lowest BCUT2D eigenvalue weighted by atomic mass is 10.2. The maximum atomic E-state index is 13.2. The van der Waals surface area contributed by atoms with Crippen LogP contribution in [0.15, 0.2) is 34.8 Å². The van der Waals surface area contributed by atoms with Gasteiger partial charge in [-0.15, -0.1) is 0 Å². The second kappa shape index (κ2) is 10.9. The highest BCUT2D eigenvalue weighted by Crippen LogP contribution is 2.24. The summed E-state index contributed by atoms with van der Waals surface area (Å²) in [4.78, 5) is 29.3. The monoisotopic (exact) mass is 490 g/mol. The van der Waals surface area contributed by atoms with Gasteiger partial charge >= 0.3 is 0 Å². The summed E-state index contributed by atoms with van der Waals surface area (Å²) in [5, 5.41) is 2.91. The molecule has 1 saturated heterocycles. The summed E-state index contributed by atoms with van der Waals surface area (Å²) in [6.45, 7) is 8.28. The Morgan fingerprint density at radius 3 is 2.55 bits per heavy atom. The average molecular weight is 491 g/mol. The molecule has 2 aromatic rings. The Bertz CT molecular complexity index is 920. The molecule has 1 N–H and O–H groups in total. The first-order valence-electron chi connectivity index (χ1n) is 10.6. The van der Waals surface area contributed by atoms with Gasteiger partial charge in [0, 0.05) is 68.0 Å². The number of carbonyl (C=O) groups excluding carboxylic acids is 2. The van der Waals surface area contributed by atoms with E-state index in [1.165, 1.54) is 0 Å². The Morgan fingerprint density at radius 2 is 1.87 bits per heavy atom.